The highest BCUT2D eigenvalue weighted by atomic mass is 32.2. The van der Waals surface area contributed by atoms with Gasteiger partial charge in [-0.1, -0.05) is 12.1 Å². The van der Waals surface area contributed by atoms with E-state index in [4.69, 9.17) is 0 Å². The van der Waals surface area contributed by atoms with E-state index in [0.29, 0.717) is 30.7 Å². The maximum absolute atomic E-state index is 12.6. The zero-order chi connectivity index (χ0) is 17.3. The van der Waals surface area contributed by atoms with Gasteiger partial charge in [-0.25, -0.2) is 8.42 Å². The molecule has 0 saturated carbocycles. The minimum atomic E-state index is -4.45. The number of benzene rings is 1. The summed E-state index contributed by atoms with van der Waals surface area (Å²) in [6.07, 6.45) is 3.14. The van der Waals surface area contributed by atoms with Crippen LogP contribution in [0.4, 0.5) is 8.78 Å². The molecular formula is C16H20F2N2O3S. The number of fused-ring (bicyclic) bond motifs is 2. The largest absolute Gasteiger partial charge is 0.337 e. The van der Waals surface area contributed by atoms with E-state index in [9.17, 15) is 22.0 Å². The Labute approximate surface area is 139 Å². The minimum Gasteiger partial charge on any atom is -0.337 e. The van der Waals surface area contributed by atoms with E-state index in [1.807, 2.05) is 4.90 Å². The third-order valence-corrected chi connectivity index (χ3v) is 5.93. The monoisotopic (exact) mass is 358 g/mol. The van der Waals surface area contributed by atoms with Gasteiger partial charge in [-0.3, -0.25) is 4.79 Å². The number of nitrogens with one attached hydrogen (secondary N) is 1. The molecule has 2 atom stereocenters. The molecule has 132 valence electrons. The predicted molar refractivity (Wildman–Crippen MR) is 85.5 cm³/mol. The number of hydrogen-bond donors (Lipinski definition) is 1. The first kappa shape index (κ1) is 17.3. The average Bonchev–Trinajstić information content (AvgIpc) is 2.86. The highest BCUT2D eigenvalue weighted by Crippen LogP contribution is 2.22. The highest BCUT2D eigenvalue weighted by Gasteiger charge is 2.31. The van der Waals surface area contributed by atoms with Crippen molar-refractivity contribution < 1.29 is 22.0 Å². The first-order chi connectivity index (χ1) is 11.3. The first-order valence-corrected chi connectivity index (χ1v) is 9.71. The van der Waals surface area contributed by atoms with Crippen molar-refractivity contribution in [3.8, 4) is 0 Å². The van der Waals surface area contributed by atoms with E-state index in [0.717, 1.165) is 19.3 Å². The van der Waals surface area contributed by atoms with Crippen molar-refractivity contribution in [2.24, 2.45) is 0 Å². The van der Waals surface area contributed by atoms with E-state index >= 15 is 0 Å². The van der Waals surface area contributed by atoms with Crippen molar-refractivity contribution in [2.75, 3.05) is 13.1 Å². The SMILES string of the molecule is O=C(c1ccc(CS(=O)(=O)C(F)F)cc1)N1CCC2CCC(C1)N2. The van der Waals surface area contributed by atoms with Gasteiger partial charge in [0.2, 0.25) is 9.84 Å². The van der Waals surface area contributed by atoms with E-state index in [-0.39, 0.29) is 11.5 Å². The zero-order valence-electron chi connectivity index (χ0n) is 13.1. The number of halogens is 2. The molecule has 2 fully saturated rings. The molecule has 2 aliphatic rings. The van der Waals surface area contributed by atoms with Crippen LogP contribution in [0.3, 0.4) is 0 Å². The molecule has 5 nitrogen and oxygen atoms in total. The third kappa shape index (κ3) is 3.75. The zero-order valence-corrected chi connectivity index (χ0v) is 13.9. The van der Waals surface area contributed by atoms with Gasteiger partial charge in [-0.2, -0.15) is 8.78 Å². The van der Waals surface area contributed by atoms with Crippen molar-refractivity contribution in [1.29, 1.82) is 0 Å². The second-order valence-corrected chi connectivity index (χ2v) is 8.41. The Morgan fingerprint density at radius 1 is 1.17 bits per heavy atom. The smallest absolute Gasteiger partial charge is 0.337 e. The molecule has 1 aromatic rings. The molecule has 3 rings (SSSR count). The normalized spacial score (nSPS) is 24.2. The van der Waals surface area contributed by atoms with Crippen LogP contribution in [-0.4, -0.2) is 50.2 Å². The van der Waals surface area contributed by atoms with Gasteiger partial charge >= 0.3 is 5.76 Å². The predicted octanol–water partition coefficient (Wildman–Crippen LogP) is 1.79. The fraction of sp³-hybridized carbons (Fsp3) is 0.562. The summed E-state index contributed by atoms with van der Waals surface area (Å²) in [4.78, 5) is 14.4. The van der Waals surface area contributed by atoms with Gasteiger partial charge in [0.1, 0.15) is 0 Å². The Morgan fingerprint density at radius 3 is 2.50 bits per heavy atom. The Bertz CT molecular complexity index is 707. The lowest BCUT2D eigenvalue weighted by Gasteiger charge is -2.24. The van der Waals surface area contributed by atoms with Crippen molar-refractivity contribution in [3.05, 3.63) is 35.4 Å². The van der Waals surface area contributed by atoms with Crippen LogP contribution in [0.2, 0.25) is 0 Å². The quantitative estimate of drug-likeness (QED) is 0.891. The summed E-state index contributed by atoms with van der Waals surface area (Å²) in [6.45, 7) is 1.35. The summed E-state index contributed by atoms with van der Waals surface area (Å²) in [6, 6.07) is 6.68. The molecule has 1 amide bonds. The molecule has 1 aromatic carbocycles. The first-order valence-electron chi connectivity index (χ1n) is 7.99. The second kappa shape index (κ2) is 6.76. The number of alkyl halides is 2. The van der Waals surface area contributed by atoms with Gasteiger partial charge in [0.15, 0.2) is 0 Å². The molecule has 2 heterocycles. The maximum atomic E-state index is 12.6. The van der Waals surface area contributed by atoms with Crippen LogP contribution in [0, 0.1) is 0 Å². The van der Waals surface area contributed by atoms with E-state index in [1.165, 1.54) is 24.3 Å². The minimum absolute atomic E-state index is 0.104. The number of carbonyl (C=O) groups excluding carboxylic acids is 1. The van der Waals surface area contributed by atoms with Crippen LogP contribution in [-0.2, 0) is 15.6 Å². The topological polar surface area (TPSA) is 66.5 Å². The lowest BCUT2D eigenvalue weighted by Crippen LogP contribution is -2.39. The fourth-order valence-electron chi connectivity index (χ4n) is 3.35. The van der Waals surface area contributed by atoms with Crippen molar-refractivity contribution >= 4 is 15.7 Å². The lowest BCUT2D eigenvalue weighted by atomic mass is 10.1. The molecule has 0 aromatic heterocycles. The van der Waals surface area contributed by atoms with Gasteiger partial charge in [0.05, 0.1) is 5.75 Å². The van der Waals surface area contributed by atoms with Gasteiger partial charge < -0.3 is 10.2 Å². The summed E-state index contributed by atoms with van der Waals surface area (Å²) in [5.41, 5.74) is 0.703. The lowest BCUT2D eigenvalue weighted by molar-refractivity contribution is 0.0748. The van der Waals surface area contributed by atoms with Crippen LogP contribution in [0.15, 0.2) is 24.3 Å². The van der Waals surface area contributed by atoms with Crippen LogP contribution < -0.4 is 5.32 Å². The molecule has 8 heteroatoms. The van der Waals surface area contributed by atoms with Crippen molar-refractivity contribution in [3.63, 3.8) is 0 Å². The Balaban J connectivity index is 1.68. The van der Waals surface area contributed by atoms with Gasteiger partial charge in [-0.05, 0) is 37.0 Å². The van der Waals surface area contributed by atoms with E-state index in [2.05, 4.69) is 5.32 Å². The standard InChI is InChI=1S/C16H20F2N2O3S/c17-16(18)24(22,23)10-11-1-3-12(4-2-11)15(21)20-8-7-13-5-6-14(9-20)19-13/h1-4,13-14,16,19H,5-10H2. The summed E-state index contributed by atoms with van der Waals surface area (Å²) in [7, 11) is -4.45. The molecule has 0 aliphatic carbocycles. The molecule has 2 bridgehead atoms. The van der Waals surface area contributed by atoms with Gasteiger partial charge in [0, 0.05) is 30.7 Å². The van der Waals surface area contributed by atoms with Crippen molar-refractivity contribution in [2.45, 2.75) is 42.9 Å². The fourth-order valence-corrected chi connectivity index (χ4v) is 4.13. The number of carbonyl (C=O) groups is 1. The molecule has 2 unspecified atom stereocenters. The van der Waals surface area contributed by atoms with Gasteiger partial charge in [0.25, 0.3) is 5.91 Å². The summed E-state index contributed by atoms with van der Waals surface area (Å²) < 4.78 is 47.3. The summed E-state index contributed by atoms with van der Waals surface area (Å²) in [5.74, 6) is -4.22. The van der Waals surface area contributed by atoms with Crippen LogP contribution in [0.25, 0.3) is 0 Å². The Kier molecular flexibility index (Phi) is 4.87. The molecule has 0 spiro atoms. The molecule has 1 N–H and O–H groups in total. The van der Waals surface area contributed by atoms with Crippen molar-refractivity contribution in [1.82, 2.24) is 10.2 Å². The summed E-state index contributed by atoms with van der Waals surface area (Å²) >= 11 is 0. The molecule has 2 saturated heterocycles. The second-order valence-electron chi connectivity index (χ2n) is 6.44. The number of amides is 1. The van der Waals surface area contributed by atoms with E-state index in [1.54, 1.807) is 0 Å². The van der Waals surface area contributed by atoms with Crippen LogP contribution >= 0.6 is 0 Å². The summed E-state index contributed by atoms with van der Waals surface area (Å²) in [5, 5.41) is 3.50. The highest BCUT2D eigenvalue weighted by molar-refractivity contribution is 7.90. The maximum Gasteiger partial charge on any atom is 0.337 e. The Hall–Kier alpha value is -1.54. The molecular weight excluding hydrogens is 338 g/mol. The van der Waals surface area contributed by atoms with Crippen LogP contribution in [0.1, 0.15) is 35.2 Å². The number of sulfone groups is 1. The number of likely N-dealkylation sites (tertiary alicyclic amines) is 1. The van der Waals surface area contributed by atoms with E-state index < -0.39 is 21.3 Å². The molecule has 2 aliphatic heterocycles. The molecule has 24 heavy (non-hydrogen) atoms. The number of hydrogen-bond acceptors (Lipinski definition) is 4. The number of rotatable bonds is 4. The molecule has 0 radical (unpaired) electrons. The average molecular weight is 358 g/mol. The third-order valence-electron chi connectivity index (χ3n) is 4.65. The van der Waals surface area contributed by atoms with Gasteiger partial charge in [-0.15, -0.1) is 0 Å². The Morgan fingerprint density at radius 2 is 1.83 bits per heavy atom. The number of nitrogens with zero attached hydrogens (tertiary/aromatic N) is 1. The van der Waals surface area contributed by atoms with Crippen LogP contribution in [0.5, 0.6) is 0 Å².